The smallest absolute Gasteiger partial charge is 0.317 e. The minimum atomic E-state index is -0.849. The highest BCUT2D eigenvalue weighted by Gasteiger charge is 2.42. The van der Waals surface area contributed by atoms with E-state index in [1.807, 2.05) is 28.8 Å². The molecular weight excluding hydrogens is 296 g/mol. The van der Waals surface area contributed by atoms with Gasteiger partial charge < -0.3 is 19.9 Å². The maximum Gasteiger partial charge on any atom is 0.317 e. The van der Waals surface area contributed by atoms with E-state index in [2.05, 4.69) is 10.3 Å². The molecule has 0 aliphatic carbocycles. The molecule has 0 saturated carbocycles. The first-order chi connectivity index (χ1) is 11.0. The fourth-order valence-electron chi connectivity index (χ4n) is 2.89. The lowest BCUT2D eigenvalue weighted by Crippen LogP contribution is -2.41. The third-order valence-electron chi connectivity index (χ3n) is 4.43. The van der Waals surface area contributed by atoms with Crippen LogP contribution in [0.25, 0.3) is 11.0 Å². The number of aliphatic carboxylic acids is 1. The Kier molecular flexibility index (Phi) is 3.94. The number of rotatable bonds is 4. The summed E-state index contributed by atoms with van der Waals surface area (Å²) in [6.07, 6.45) is 2.25. The van der Waals surface area contributed by atoms with Gasteiger partial charge in [0.1, 0.15) is 0 Å². The Morgan fingerprint density at radius 2 is 2.17 bits per heavy atom. The van der Waals surface area contributed by atoms with Gasteiger partial charge in [-0.15, -0.1) is 0 Å². The van der Waals surface area contributed by atoms with Crippen molar-refractivity contribution in [1.82, 2.24) is 19.8 Å². The van der Waals surface area contributed by atoms with Crippen LogP contribution in [0.15, 0.2) is 30.6 Å². The summed E-state index contributed by atoms with van der Waals surface area (Å²) >= 11 is 0. The maximum atomic E-state index is 12.1. The van der Waals surface area contributed by atoms with Gasteiger partial charge in [-0.25, -0.2) is 9.78 Å². The molecule has 7 heteroatoms. The first kappa shape index (κ1) is 15.3. The van der Waals surface area contributed by atoms with Crippen LogP contribution in [0.5, 0.6) is 0 Å². The van der Waals surface area contributed by atoms with Crippen LogP contribution >= 0.6 is 0 Å². The van der Waals surface area contributed by atoms with Gasteiger partial charge >= 0.3 is 12.0 Å². The third kappa shape index (κ3) is 2.99. The molecule has 1 fully saturated rings. The molecule has 0 bridgehead atoms. The Labute approximate surface area is 133 Å². The van der Waals surface area contributed by atoms with E-state index in [4.69, 9.17) is 0 Å². The van der Waals surface area contributed by atoms with Crippen molar-refractivity contribution in [3.05, 3.63) is 30.6 Å². The fraction of sp³-hybridized carbons (Fsp3) is 0.438. The number of amides is 2. The number of nitrogens with zero attached hydrogens (tertiary/aromatic N) is 3. The van der Waals surface area contributed by atoms with Gasteiger partial charge in [0, 0.05) is 26.2 Å². The Balaban J connectivity index is 1.53. The number of benzene rings is 1. The van der Waals surface area contributed by atoms with Crippen molar-refractivity contribution in [2.75, 3.05) is 19.6 Å². The van der Waals surface area contributed by atoms with Gasteiger partial charge in [-0.3, -0.25) is 4.79 Å². The number of hydrogen-bond acceptors (Lipinski definition) is 3. The molecule has 1 aromatic carbocycles. The van der Waals surface area contributed by atoms with Gasteiger partial charge in [-0.1, -0.05) is 12.1 Å². The van der Waals surface area contributed by atoms with E-state index in [0.717, 1.165) is 11.0 Å². The molecule has 2 aromatic rings. The van der Waals surface area contributed by atoms with Crippen molar-refractivity contribution in [2.24, 2.45) is 5.41 Å². The SMILES string of the molecule is CC1(C(=O)O)CCN(C(=O)NCCn2cnc3ccccc32)C1. The van der Waals surface area contributed by atoms with Crippen molar-refractivity contribution < 1.29 is 14.7 Å². The normalized spacial score (nSPS) is 20.8. The molecule has 1 saturated heterocycles. The molecular formula is C16H20N4O3. The molecule has 1 atom stereocenters. The summed E-state index contributed by atoms with van der Waals surface area (Å²) in [5.74, 6) is -0.849. The Morgan fingerprint density at radius 1 is 1.39 bits per heavy atom. The quantitative estimate of drug-likeness (QED) is 0.896. The van der Waals surface area contributed by atoms with E-state index in [-0.39, 0.29) is 12.6 Å². The van der Waals surface area contributed by atoms with E-state index in [1.54, 1.807) is 18.2 Å². The monoisotopic (exact) mass is 316 g/mol. The highest BCUT2D eigenvalue weighted by molar-refractivity contribution is 5.79. The summed E-state index contributed by atoms with van der Waals surface area (Å²) in [4.78, 5) is 29.2. The number of urea groups is 1. The highest BCUT2D eigenvalue weighted by Crippen LogP contribution is 2.29. The number of likely N-dealkylation sites (tertiary alicyclic amines) is 1. The summed E-state index contributed by atoms with van der Waals surface area (Å²) in [6.45, 7) is 3.50. The zero-order valence-corrected chi connectivity index (χ0v) is 13.0. The predicted molar refractivity (Wildman–Crippen MR) is 85.1 cm³/mol. The van der Waals surface area contributed by atoms with Gasteiger partial charge in [0.15, 0.2) is 0 Å². The number of hydrogen-bond donors (Lipinski definition) is 2. The third-order valence-corrected chi connectivity index (χ3v) is 4.43. The minimum Gasteiger partial charge on any atom is -0.481 e. The minimum absolute atomic E-state index is 0.209. The zero-order valence-electron chi connectivity index (χ0n) is 13.0. The molecule has 2 amide bonds. The van der Waals surface area contributed by atoms with Crippen LogP contribution in [0.2, 0.25) is 0 Å². The average molecular weight is 316 g/mol. The number of nitrogens with one attached hydrogen (secondary N) is 1. The molecule has 0 spiro atoms. The van der Waals surface area contributed by atoms with Gasteiger partial charge in [-0.05, 0) is 25.5 Å². The van der Waals surface area contributed by atoms with Crippen LogP contribution in [0.1, 0.15) is 13.3 Å². The molecule has 1 aliphatic rings. The second-order valence-corrected chi connectivity index (χ2v) is 6.20. The first-order valence-electron chi connectivity index (χ1n) is 7.66. The molecule has 3 rings (SSSR count). The van der Waals surface area contributed by atoms with Gasteiger partial charge in [0.2, 0.25) is 0 Å². The number of carbonyl (C=O) groups excluding carboxylic acids is 1. The maximum absolute atomic E-state index is 12.1. The van der Waals surface area contributed by atoms with Crippen molar-refractivity contribution in [1.29, 1.82) is 0 Å². The number of carbonyl (C=O) groups is 2. The van der Waals surface area contributed by atoms with E-state index < -0.39 is 11.4 Å². The predicted octanol–water partition coefficient (Wildman–Crippen LogP) is 1.54. The number of imidazole rings is 1. The second kappa shape index (κ2) is 5.91. The van der Waals surface area contributed by atoms with Crippen LogP contribution in [0, 0.1) is 5.41 Å². The fourth-order valence-corrected chi connectivity index (χ4v) is 2.89. The molecule has 1 unspecified atom stereocenters. The van der Waals surface area contributed by atoms with Crippen molar-refractivity contribution >= 4 is 23.0 Å². The number of carboxylic acid groups (broad SMARTS) is 1. The summed E-state index contributed by atoms with van der Waals surface area (Å²) in [5, 5.41) is 12.1. The lowest BCUT2D eigenvalue weighted by atomic mass is 9.90. The summed E-state index contributed by atoms with van der Waals surface area (Å²) in [7, 11) is 0. The van der Waals surface area contributed by atoms with Gasteiger partial charge in [0.05, 0.1) is 22.8 Å². The molecule has 1 aromatic heterocycles. The molecule has 7 nitrogen and oxygen atoms in total. The Morgan fingerprint density at radius 3 is 2.91 bits per heavy atom. The standard InChI is InChI=1S/C16H20N4O3/c1-16(14(21)22)6-8-19(10-16)15(23)17-7-9-20-11-18-12-4-2-3-5-13(12)20/h2-5,11H,6-10H2,1H3,(H,17,23)(H,21,22). The Bertz CT molecular complexity index is 742. The number of carboxylic acids is 1. The van der Waals surface area contributed by atoms with Crippen LogP contribution in [0.3, 0.4) is 0 Å². The number of aromatic nitrogens is 2. The lowest BCUT2D eigenvalue weighted by molar-refractivity contribution is -0.146. The van der Waals surface area contributed by atoms with Crippen LogP contribution in [0.4, 0.5) is 4.79 Å². The lowest BCUT2D eigenvalue weighted by Gasteiger charge is -2.20. The van der Waals surface area contributed by atoms with E-state index in [0.29, 0.717) is 26.1 Å². The van der Waals surface area contributed by atoms with Crippen molar-refractivity contribution in [3.63, 3.8) is 0 Å². The molecule has 122 valence electrons. The zero-order chi connectivity index (χ0) is 16.4. The number of fused-ring (bicyclic) bond motifs is 1. The van der Waals surface area contributed by atoms with Crippen molar-refractivity contribution in [2.45, 2.75) is 19.9 Å². The summed E-state index contributed by atoms with van der Waals surface area (Å²) < 4.78 is 1.99. The van der Waals surface area contributed by atoms with Crippen LogP contribution in [-0.4, -0.2) is 51.2 Å². The summed E-state index contributed by atoms with van der Waals surface area (Å²) in [6, 6.07) is 7.62. The summed E-state index contributed by atoms with van der Waals surface area (Å²) in [5.41, 5.74) is 1.12. The van der Waals surface area contributed by atoms with Gasteiger partial charge in [-0.2, -0.15) is 0 Å². The second-order valence-electron chi connectivity index (χ2n) is 6.20. The van der Waals surface area contributed by atoms with Crippen molar-refractivity contribution in [3.8, 4) is 0 Å². The molecule has 23 heavy (non-hydrogen) atoms. The Hall–Kier alpha value is -2.57. The number of para-hydroxylation sites is 2. The molecule has 1 aliphatic heterocycles. The van der Waals surface area contributed by atoms with Crippen LogP contribution in [-0.2, 0) is 11.3 Å². The average Bonchev–Trinajstić information content (AvgIpc) is 3.13. The van der Waals surface area contributed by atoms with Gasteiger partial charge in [0.25, 0.3) is 0 Å². The highest BCUT2D eigenvalue weighted by atomic mass is 16.4. The molecule has 0 radical (unpaired) electrons. The molecule has 2 heterocycles. The van der Waals surface area contributed by atoms with E-state index in [9.17, 15) is 14.7 Å². The largest absolute Gasteiger partial charge is 0.481 e. The van der Waals surface area contributed by atoms with E-state index >= 15 is 0 Å². The topological polar surface area (TPSA) is 87.5 Å². The van der Waals surface area contributed by atoms with Crippen LogP contribution < -0.4 is 5.32 Å². The van der Waals surface area contributed by atoms with E-state index in [1.165, 1.54) is 0 Å². The molecule has 2 N–H and O–H groups in total. The first-order valence-corrected chi connectivity index (χ1v) is 7.66.